The van der Waals surface area contributed by atoms with Crippen molar-refractivity contribution >= 4 is 44.7 Å². The normalized spacial score (nSPS) is 11.3. The molecular formula is C17H16N3O3S3+. The van der Waals surface area contributed by atoms with Crippen molar-refractivity contribution in [3.05, 3.63) is 41.1 Å². The van der Waals surface area contributed by atoms with E-state index in [1.807, 2.05) is 29.1 Å². The summed E-state index contributed by atoms with van der Waals surface area (Å²) in [5.41, 5.74) is 8.35. The van der Waals surface area contributed by atoms with Crippen LogP contribution in [0.1, 0.15) is 0 Å². The zero-order valence-electron chi connectivity index (χ0n) is 13.8. The number of rotatable bonds is 7. The summed E-state index contributed by atoms with van der Waals surface area (Å²) in [6.07, 6.45) is 1.98. The van der Waals surface area contributed by atoms with E-state index in [1.165, 1.54) is 11.3 Å². The molecule has 1 atom stereocenters. The Morgan fingerprint density at radius 3 is 2.96 bits per heavy atom. The van der Waals surface area contributed by atoms with Crippen molar-refractivity contribution in [3.63, 3.8) is 0 Å². The van der Waals surface area contributed by atoms with E-state index in [0.717, 1.165) is 26.0 Å². The zero-order valence-corrected chi connectivity index (χ0v) is 16.2. The van der Waals surface area contributed by atoms with Gasteiger partial charge in [0.15, 0.2) is 6.61 Å². The molecule has 1 aromatic carbocycles. The quantitative estimate of drug-likeness (QED) is 0.235. The predicted octanol–water partition coefficient (Wildman–Crippen LogP) is 4.15. The van der Waals surface area contributed by atoms with Gasteiger partial charge in [-0.05, 0) is 18.4 Å². The zero-order chi connectivity index (χ0) is 18.7. The summed E-state index contributed by atoms with van der Waals surface area (Å²) >= 11 is 3.11. The number of nitrogens with two attached hydrogens (primary N) is 1. The number of aromatic nitrogens is 1. The summed E-state index contributed by atoms with van der Waals surface area (Å²) < 4.78 is 6.28. The maximum absolute atomic E-state index is 10.6. The molecule has 2 heterocycles. The number of carboxylic acid groups (broad SMARTS) is 1. The van der Waals surface area contributed by atoms with Crippen molar-refractivity contribution in [2.45, 2.75) is 4.21 Å². The molecular weight excluding hydrogens is 390 g/mol. The van der Waals surface area contributed by atoms with Crippen LogP contribution < -0.4 is 10.5 Å². The van der Waals surface area contributed by atoms with E-state index in [9.17, 15) is 4.79 Å². The highest BCUT2D eigenvalue weighted by atomic mass is 32.2. The third-order valence-electron chi connectivity index (χ3n) is 3.44. The number of hydrogen-bond donors (Lipinski definition) is 3. The number of nitrogen functional groups attached to an aromatic ring is 1. The molecule has 2 aromatic heterocycles. The molecule has 0 aliphatic rings. The molecule has 26 heavy (non-hydrogen) atoms. The number of aliphatic carboxylic acids is 1. The molecule has 0 amide bonds. The summed E-state index contributed by atoms with van der Waals surface area (Å²) in [4.78, 5) is 15.3. The Morgan fingerprint density at radius 1 is 1.46 bits per heavy atom. The molecule has 3 rings (SSSR count). The van der Waals surface area contributed by atoms with Crippen molar-refractivity contribution in [1.29, 1.82) is 5.41 Å². The van der Waals surface area contributed by atoms with Crippen molar-refractivity contribution in [3.8, 4) is 27.6 Å². The molecule has 0 saturated carbocycles. The van der Waals surface area contributed by atoms with Crippen molar-refractivity contribution < 1.29 is 14.6 Å². The SMILES string of the molecule is CSc1c(-c2nc(-c3cccc(OCC(=O)O)c3)cs2)cc[s+]1C(=N)N. The Hall–Kier alpha value is -2.36. The second kappa shape index (κ2) is 7.90. The summed E-state index contributed by atoms with van der Waals surface area (Å²) in [5, 5.41) is 21.4. The van der Waals surface area contributed by atoms with Gasteiger partial charge in [-0.25, -0.2) is 15.2 Å². The number of nitrogens with zero attached hydrogens (tertiary/aromatic N) is 1. The van der Waals surface area contributed by atoms with E-state index in [0.29, 0.717) is 5.75 Å². The second-order valence-corrected chi connectivity index (χ2v) is 8.89. The molecule has 0 aliphatic carbocycles. The maximum Gasteiger partial charge on any atom is 0.341 e. The molecule has 0 saturated heterocycles. The molecule has 4 N–H and O–H groups in total. The lowest BCUT2D eigenvalue weighted by Crippen LogP contribution is -2.09. The summed E-state index contributed by atoms with van der Waals surface area (Å²) in [5.74, 6) is -0.529. The van der Waals surface area contributed by atoms with Crippen LogP contribution in [0.25, 0.3) is 21.8 Å². The summed E-state index contributed by atoms with van der Waals surface area (Å²) in [6.45, 7) is -0.381. The van der Waals surface area contributed by atoms with Gasteiger partial charge in [0, 0.05) is 17.0 Å². The highest BCUT2D eigenvalue weighted by Crippen LogP contribution is 2.43. The number of benzene rings is 1. The van der Waals surface area contributed by atoms with Crippen LogP contribution in [0, 0.1) is 5.41 Å². The minimum absolute atomic E-state index is 0.153. The van der Waals surface area contributed by atoms with Gasteiger partial charge in [0.1, 0.15) is 16.1 Å². The van der Waals surface area contributed by atoms with Crippen molar-refractivity contribution in [2.75, 3.05) is 12.9 Å². The van der Waals surface area contributed by atoms with E-state index in [2.05, 4.69) is 0 Å². The van der Waals surface area contributed by atoms with Crippen LogP contribution in [-0.4, -0.2) is 34.1 Å². The van der Waals surface area contributed by atoms with E-state index in [1.54, 1.807) is 30.0 Å². The number of nitrogens with one attached hydrogen (secondary N) is 1. The average Bonchev–Trinajstić information content (AvgIpc) is 3.26. The van der Waals surface area contributed by atoms with Gasteiger partial charge < -0.3 is 15.6 Å². The first kappa shape index (κ1) is 18.4. The fourth-order valence-electron chi connectivity index (χ4n) is 2.34. The number of hydrogen-bond acceptors (Lipinski definition) is 6. The number of thiazole rings is 1. The van der Waals surface area contributed by atoms with Crippen LogP contribution in [0.15, 0.2) is 45.3 Å². The Kier molecular flexibility index (Phi) is 5.60. The first-order chi connectivity index (χ1) is 12.5. The van der Waals surface area contributed by atoms with Gasteiger partial charge in [-0.1, -0.05) is 23.9 Å². The number of thioether (sulfide) groups is 1. The lowest BCUT2D eigenvalue weighted by atomic mass is 10.1. The molecule has 6 nitrogen and oxygen atoms in total. The van der Waals surface area contributed by atoms with E-state index < -0.39 is 16.4 Å². The van der Waals surface area contributed by atoms with Gasteiger partial charge in [-0.15, -0.1) is 11.3 Å². The lowest BCUT2D eigenvalue weighted by Gasteiger charge is -2.04. The average molecular weight is 407 g/mol. The number of carbonyl (C=O) groups is 1. The standard InChI is InChI=1S/C17H15N3O3S3/c1-24-16-12(5-6-26(16)17(18)19)15-20-13(9-25-15)10-3-2-4-11(7-10)23-8-14(21)22/h2-7,9H,8H2,1H3,(H3-,18,19,21,22)/p+1. The molecule has 134 valence electrons. The largest absolute Gasteiger partial charge is 0.482 e. The lowest BCUT2D eigenvalue weighted by molar-refractivity contribution is -0.139. The van der Waals surface area contributed by atoms with Crippen LogP contribution in [0.4, 0.5) is 0 Å². The molecule has 1 unspecified atom stereocenters. The number of carboxylic acids is 1. The molecule has 9 heteroatoms. The highest BCUT2D eigenvalue weighted by molar-refractivity contribution is 8.01. The number of thiophene rings is 1. The summed E-state index contributed by atoms with van der Waals surface area (Å²) in [7, 11) is -0.479. The van der Waals surface area contributed by atoms with E-state index in [-0.39, 0.29) is 11.8 Å². The third kappa shape index (κ3) is 3.90. The Labute approximate surface area is 161 Å². The van der Waals surface area contributed by atoms with Crippen molar-refractivity contribution in [1.82, 2.24) is 4.98 Å². The fourth-order valence-corrected chi connectivity index (χ4v) is 6.01. The van der Waals surface area contributed by atoms with Gasteiger partial charge in [-0.2, -0.15) is 0 Å². The van der Waals surface area contributed by atoms with Gasteiger partial charge in [0.05, 0.1) is 21.7 Å². The number of amidine groups is 1. The van der Waals surface area contributed by atoms with E-state index in [4.69, 9.17) is 26.0 Å². The van der Waals surface area contributed by atoms with Crippen LogP contribution in [-0.2, 0) is 4.79 Å². The molecule has 0 radical (unpaired) electrons. The third-order valence-corrected chi connectivity index (χ3v) is 7.45. The van der Waals surface area contributed by atoms with Crippen LogP contribution >= 0.6 is 33.6 Å². The second-order valence-electron chi connectivity index (χ2n) is 5.16. The first-order valence-corrected chi connectivity index (χ1v) is 10.8. The summed E-state index contributed by atoms with van der Waals surface area (Å²) in [6, 6.07) is 9.18. The van der Waals surface area contributed by atoms with Gasteiger partial charge in [0.25, 0.3) is 0 Å². The Bertz CT molecular complexity index is 965. The predicted molar refractivity (Wildman–Crippen MR) is 108 cm³/mol. The molecule has 0 bridgehead atoms. The van der Waals surface area contributed by atoms with Gasteiger partial charge in [-0.3, -0.25) is 0 Å². The molecule has 0 aliphatic heterocycles. The first-order valence-electron chi connectivity index (χ1n) is 7.44. The van der Waals surface area contributed by atoms with Crippen LogP contribution in [0.2, 0.25) is 0 Å². The van der Waals surface area contributed by atoms with Gasteiger partial charge >= 0.3 is 11.1 Å². The van der Waals surface area contributed by atoms with Crippen LogP contribution in [0.5, 0.6) is 5.75 Å². The fraction of sp³-hybridized carbons (Fsp3) is 0.118. The highest BCUT2D eigenvalue weighted by Gasteiger charge is 2.25. The Morgan fingerprint density at radius 2 is 2.27 bits per heavy atom. The molecule has 0 spiro atoms. The Balaban J connectivity index is 1.90. The monoisotopic (exact) mass is 406 g/mol. The van der Waals surface area contributed by atoms with Gasteiger partial charge in [0.2, 0.25) is 4.21 Å². The smallest absolute Gasteiger partial charge is 0.341 e. The minimum Gasteiger partial charge on any atom is -0.482 e. The van der Waals surface area contributed by atoms with Crippen LogP contribution in [0.3, 0.4) is 0 Å². The van der Waals surface area contributed by atoms with E-state index >= 15 is 0 Å². The topological polar surface area (TPSA) is 109 Å². The number of ether oxygens (including phenoxy) is 1. The minimum atomic E-state index is -1.02. The van der Waals surface area contributed by atoms with Crippen molar-refractivity contribution in [2.24, 2.45) is 5.73 Å². The maximum atomic E-state index is 10.6. The molecule has 3 aromatic rings. The molecule has 0 fully saturated rings.